The second kappa shape index (κ2) is 5.89. The molecule has 0 aliphatic heterocycles. The first kappa shape index (κ1) is 14.6. The van der Waals surface area contributed by atoms with Crippen molar-refractivity contribution >= 4 is 5.91 Å². The second-order valence-electron chi connectivity index (χ2n) is 5.43. The summed E-state index contributed by atoms with van der Waals surface area (Å²) in [5.74, 6) is 0.638. The minimum absolute atomic E-state index is 0.0857. The maximum absolute atomic E-state index is 11.5. The first-order valence-corrected chi connectivity index (χ1v) is 6.39. The van der Waals surface area contributed by atoms with Gasteiger partial charge in [-0.1, -0.05) is 32.9 Å². The highest BCUT2D eigenvalue weighted by Crippen LogP contribution is 2.24. The Hall–Kier alpha value is -1.51. The molecule has 3 nitrogen and oxygen atoms in total. The van der Waals surface area contributed by atoms with Gasteiger partial charge in [0.2, 0.25) is 0 Å². The highest BCUT2D eigenvalue weighted by Gasteiger charge is 2.15. The lowest BCUT2D eigenvalue weighted by molar-refractivity contribution is -0.127. The van der Waals surface area contributed by atoms with Gasteiger partial charge in [-0.05, 0) is 37.0 Å². The van der Waals surface area contributed by atoms with Gasteiger partial charge in [-0.2, -0.15) is 0 Å². The van der Waals surface area contributed by atoms with Crippen LogP contribution in [0.15, 0.2) is 24.3 Å². The van der Waals surface area contributed by atoms with E-state index in [0.717, 1.165) is 5.75 Å². The van der Waals surface area contributed by atoms with Crippen LogP contribution in [-0.2, 0) is 10.2 Å². The molecular weight excluding hydrogens is 226 g/mol. The number of carbonyl (C=O) groups is 1. The molecule has 0 aliphatic rings. The van der Waals surface area contributed by atoms with E-state index in [1.807, 2.05) is 31.2 Å². The Morgan fingerprint density at radius 3 is 2.28 bits per heavy atom. The largest absolute Gasteiger partial charge is 0.481 e. The van der Waals surface area contributed by atoms with Crippen LogP contribution in [0.25, 0.3) is 0 Å². The molecule has 1 unspecified atom stereocenters. The molecule has 1 aromatic rings. The van der Waals surface area contributed by atoms with E-state index in [1.54, 1.807) is 6.92 Å². The molecule has 0 spiro atoms. The molecule has 18 heavy (non-hydrogen) atoms. The van der Waals surface area contributed by atoms with Crippen molar-refractivity contribution in [3.63, 3.8) is 0 Å². The number of likely N-dealkylation sites (N-methyl/N-ethyl adjacent to an activating group) is 1. The number of amides is 1. The molecule has 1 aromatic carbocycles. The fraction of sp³-hybridized carbons (Fsp3) is 0.533. The quantitative estimate of drug-likeness (QED) is 0.891. The van der Waals surface area contributed by atoms with Gasteiger partial charge in [0, 0.05) is 6.54 Å². The first-order chi connectivity index (χ1) is 8.34. The van der Waals surface area contributed by atoms with Gasteiger partial charge >= 0.3 is 0 Å². The van der Waals surface area contributed by atoms with E-state index in [4.69, 9.17) is 4.74 Å². The number of ether oxygens (including phenoxy) is 1. The summed E-state index contributed by atoms with van der Waals surface area (Å²) in [6.45, 7) is 10.8. The Balaban J connectivity index is 2.67. The van der Waals surface area contributed by atoms with Gasteiger partial charge in [-0.15, -0.1) is 0 Å². The van der Waals surface area contributed by atoms with Crippen molar-refractivity contribution in [2.24, 2.45) is 0 Å². The number of benzene rings is 1. The smallest absolute Gasteiger partial charge is 0.260 e. The molecule has 1 N–H and O–H groups in total. The molecule has 1 atom stereocenters. The summed E-state index contributed by atoms with van der Waals surface area (Å²) in [6.07, 6.45) is -0.467. The van der Waals surface area contributed by atoms with Crippen molar-refractivity contribution in [3.05, 3.63) is 29.8 Å². The maximum atomic E-state index is 11.5. The molecule has 1 amide bonds. The van der Waals surface area contributed by atoms with Crippen molar-refractivity contribution < 1.29 is 9.53 Å². The Morgan fingerprint density at radius 2 is 1.83 bits per heavy atom. The number of hydrogen-bond acceptors (Lipinski definition) is 2. The molecule has 0 bridgehead atoms. The van der Waals surface area contributed by atoms with Gasteiger partial charge in [-0.25, -0.2) is 0 Å². The van der Waals surface area contributed by atoms with E-state index in [0.29, 0.717) is 6.54 Å². The molecule has 1 rings (SSSR count). The molecule has 100 valence electrons. The minimum atomic E-state index is -0.467. The minimum Gasteiger partial charge on any atom is -0.481 e. The molecule has 3 heteroatoms. The molecule has 0 radical (unpaired) electrons. The SMILES string of the molecule is CCNC(=O)C(C)Oc1ccc(C(C)(C)C)cc1. The van der Waals surface area contributed by atoms with Crippen molar-refractivity contribution in [1.82, 2.24) is 5.32 Å². The normalized spacial score (nSPS) is 12.9. The van der Waals surface area contributed by atoms with Crippen LogP contribution >= 0.6 is 0 Å². The Morgan fingerprint density at radius 1 is 1.28 bits per heavy atom. The molecular formula is C15H23NO2. The van der Waals surface area contributed by atoms with Gasteiger partial charge in [0.05, 0.1) is 0 Å². The molecule has 0 saturated carbocycles. The zero-order valence-electron chi connectivity index (χ0n) is 11.9. The van der Waals surface area contributed by atoms with Gasteiger partial charge in [-0.3, -0.25) is 4.79 Å². The number of carbonyl (C=O) groups excluding carboxylic acids is 1. The van der Waals surface area contributed by atoms with E-state index < -0.39 is 6.10 Å². The van der Waals surface area contributed by atoms with Crippen LogP contribution in [0.3, 0.4) is 0 Å². The fourth-order valence-electron chi connectivity index (χ4n) is 1.61. The van der Waals surface area contributed by atoms with E-state index in [2.05, 4.69) is 26.1 Å². The summed E-state index contributed by atoms with van der Waals surface area (Å²) in [4.78, 5) is 11.5. The lowest BCUT2D eigenvalue weighted by Gasteiger charge is -2.20. The van der Waals surface area contributed by atoms with E-state index in [1.165, 1.54) is 5.56 Å². The molecule has 0 aromatic heterocycles. The molecule has 0 saturated heterocycles. The Bertz CT molecular complexity index is 390. The fourth-order valence-corrected chi connectivity index (χ4v) is 1.61. The van der Waals surface area contributed by atoms with Gasteiger partial charge in [0.15, 0.2) is 6.10 Å². The van der Waals surface area contributed by atoms with Crippen molar-refractivity contribution in [3.8, 4) is 5.75 Å². The van der Waals surface area contributed by atoms with Crippen molar-refractivity contribution in [2.75, 3.05) is 6.54 Å². The van der Waals surface area contributed by atoms with Crippen LogP contribution < -0.4 is 10.1 Å². The lowest BCUT2D eigenvalue weighted by atomic mass is 9.87. The zero-order chi connectivity index (χ0) is 13.8. The van der Waals surface area contributed by atoms with Crippen LogP contribution in [0.2, 0.25) is 0 Å². The van der Waals surface area contributed by atoms with E-state index in [9.17, 15) is 4.79 Å². The predicted octanol–water partition coefficient (Wildman–Crippen LogP) is 2.89. The predicted molar refractivity (Wildman–Crippen MR) is 73.9 cm³/mol. The maximum Gasteiger partial charge on any atom is 0.260 e. The molecule has 0 fully saturated rings. The standard InChI is InChI=1S/C15H23NO2/c1-6-16-14(17)11(2)18-13-9-7-12(8-10-13)15(3,4)5/h7-11H,6H2,1-5H3,(H,16,17). The summed E-state index contributed by atoms with van der Waals surface area (Å²) < 4.78 is 5.58. The first-order valence-electron chi connectivity index (χ1n) is 6.39. The highest BCUT2D eigenvalue weighted by atomic mass is 16.5. The van der Waals surface area contributed by atoms with E-state index >= 15 is 0 Å². The Kier molecular flexibility index (Phi) is 4.76. The van der Waals surface area contributed by atoms with Gasteiger partial charge in [0.1, 0.15) is 5.75 Å². The summed E-state index contributed by atoms with van der Waals surface area (Å²) >= 11 is 0. The van der Waals surface area contributed by atoms with Crippen LogP contribution in [0.1, 0.15) is 40.2 Å². The topological polar surface area (TPSA) is 38.3 Å². The van der Waals surface area contributed by atoms with E-state index in [-0.39, 0.29) is 11.3 Å². The van der Waals surface area contributed by atoms with Crippen molar-refractivity contribution in [1.29, 1.82) is 0 Å². The third-order valence-corrected chi connectivity index (χ3v) is 2.75. The summed E-state index contributed by atoms with van der Waals surface area (Å²) in [5, 5.41) is 2.74. The number of hydrogen-bond donors (Lipinski definition) is 1. The Labute approximate surface area is 110 Å². The summed E-state index contributed by atoms with van der Waals surface area (Å²) in [7, 11) is 0. The monoisotopic (exact) mass is 249 g/mol. The highest BCUT2D eigenvalue weighted by molar-refractivity contribution is 5.80. The average molecular weight is 249 g/mol. The van der Waals surface area contributed by atoms with Crippen LogP contribution in [0, 0.1) is 0 Å². The second-order valence-corrected chi connectivity index (χ2v) is 5.43. The number of nitrogens with one attached hydrogen (secondary N) is 1. The molecule has 0 heterocycles. The molecule has 0 aliphatic carbocycles. The van der Waals surface area contributed by atoms with Gasteiger partial charge in [0.25, 0.3) is 5.91 Å². The van der Waals surface area contributed by atoms with Crippen LogP contribution in [0.4, 0.5) is 0 Å². The summed E-state index contributed by atoms with van der Waals surface area (Å²) in [5.41, 5.74) is 1.38. The lowest BCUT2D eigenvalue weighted by Crippen LogP contribution is -2.36. The van der Waals surface area contributed by atoms with Crippen LogP contribution in [-0.4, -0.2) is 18.6 Å². The third-order valence-electron chi connectivity index (χ3n) is 2.75. The summed E-state index contributed by atoms with van der Waals surface area (Å²) in [6, 6.07) is 7.91. The van der Waals surface area contributed by atoms with Crippen LogP contribution in [0.5, 0.6) is 5.75 Å². The zero-order valence-corrected chi connectivity index (χ0v) is 11.9. The number of rotatable bonds is 4. The van der Waals surface area contributed by atoms with Gasteiger partial charge < -0.3 is 10.1 Å². The average Bonchev–Trinajstić information content (AvgIpc) is 2.28. The third kappa shape index (κ3) is 4.06. The van der Waals surface area contributed by atoms with Crippen molar-refractivity contribution in [2.45, 2.75) is 46.1 Å².